The van der Waals surface area contributed by atoms with Gasteiger partial charge < -0.3 is 0 Å². The van der Waals surface area contributed by atoms with E-state index in [1.807, 2.05) is 0 Å². The highest BCUT2D eigenvalue weighted by molar-refractivity contribution is 6.11. The molecule has 0 N–H and O–H groups in total. The van der Waals surface area contributed by atoms with Crippen molar-refractivity contribution in [3.8, 4) is 11.1 Å². The highest BCUT2D eigenvalue weighted by Gasteiger charge is 2.56. The zero-order valence-electron chi connectivity index (χ0n) is 33.6. The summed E-state index contributed by atoms with van der Waals surface area (Å²) in [5.41, 5.74) is 23.9. The minimum atomic E-state index is -0.234. The van der Waals surface area contributed by atoms with Crippen LogP contribution in [-0.4, -0.2) is 0 Å². The van der Waals surface area contributed by atoms with Gasteiger partial charge in [0.1, 0.15) is 0 Å². The molecule has 51 heavy (non-hydrogen) atoms. The molecule has 0 saturated carbocycles. The fourth-order valence-electron chi connectivity index (χ4n) is 12.1. The Balaban J connectivity index is 1.55. The van der Waals surface area contributed by atoms with E-state index in [2.05, 4.69) is 144 Å². The van der Waals surface area contributed by atoms with Crippen LogP contribution in [0.4, 0.5) is 0 Å². The molecule has 8 rings (SSSR count). The van der Waals surface area contributed by atoms with Crippen molar-refractivity contribution in [1.29, 1.82) is 0 Å². The van der Waals surface area contributed by atoms with E-state index in [9.17, 15) is 0 Å². The Hall–Kier alpha value is -3.64. The van der Waals surface area contributed by atoms with Gasteiger partial charge in [0.25, 0.3) is 0 Å². The Morgan fingerprint density at radius 3 is 2.06 bits per heavy atom. The molecule has 0 aromatic heterocycles. The van der Waals surface area contributed by atoms with Crippen molar-refractivity contribution in [2.24, 2.45) is 23.7 Å². The van der Waals surface area contributed by atoms with Crippen molar-refractivity contribution < 1.29 is 0 Å². The zero-order chi connectivity index (χ0) is 36.3. The molecule has 4 aliphatic rings. The van der Waals surface area contributed by atoms with E-state index in [0.29, 0.717) is 23.7 Å². The minimum Gasteiger partial charge on any atom is -0.0654 e. The van der Waals surface area contributed by atoms with Gasteiger partial charge in [0.15, 0.2) is 0 Å². The first-order valence-electron chi connectivity index (χ1n) is 20.3. The van der Waals surface area contributed by atoms with Crippen molar-refractivity contribution in [3.63, 3.8) is 0 Å². The van der Waals surface area contributed by atoms with Crippen molar-refractivity contribution in [3.05, 3.63) is 127 Å². The number of benzene rings is 4. The van der Waals surface area contributed by atoms with Crippen molar-refractivity contribution in [2.45, 2.75) is 126 Å². The average molecular weight is 673 g/mol. The van der Waals surface area contributed by atoms with Gasteiger partial charge >= 0.3 is 0 Å². The largest absolute Gasteiger partial charge is 0.0654 e. The van der Waals surface area contributed by atoms with Crippen LogP contribution in [0.2, 0.25) is 0 Å². The number of fused-ring (bicyclic) bond motifs is 12. The Kier molecular flexibility index (Phi) is 8.07. The third-order valence-electron chi connectivity index (χ3n) is 14.0. The molecule has 0 bridgehead atoms. The van der Waals surface area contributed by atoms with E-state index in [4.69, 9.17) is 0 Å². The first kappa shape index (κ1) is 34.4. The Morgan fingerprint density at radius 2 is 1.39 bits per heavy atom. The van der Waals surface area contributed by atoms with Gasteiger partial charge in [-0.05, 0) is 161 Å². The summed E-state index contributed by atoms with van der Waals surface area (Å²) < 4.78 is 0. The van der Waals surface area contributed by atoms with Crippen LogP contribution in [0.1, 0.15) is 137 Å². The lowest BCUT2D eigenvalue weighted by atomic mass is 9.55. The van der Waals surface area contributed by atoms with E-state index in [-0.39, 0.29) is 10.8 Å². The number of hydrogen-bond acceptors (Lipinski definition) is 0. The monoisotopic (exact) mass is 672 g/mol. The summed E-state index contributed by atoms with van der Waals surface area (Å²) in [6.07, 6.45) is 11.4. The topological polar surface area (TPSA) is 0 Å². The standard InChI is InChI=1S/C51H60/c1-13-33(14-2)36-26-39(34(15-3)16-4)46(28(5)6)51(27-36)43-20-19-37-40-25-35-18-17-29(7)22-38(35)47(40)50(11,12)49(37)45(43)42-24-32(10)44-31(9)21-30(8)23-41(44)48(42)51/h17-24,26-28,33-34,46H,13-16,25H2,1-12H3. The number of rotatable bonds is 7. The van der Waals surface area contributed by atoms with Crippen molar-refractivity contribution in [1.82, 2.24) is 0 Å². The van der Waals surface area contributed by atoms with Crippen LogP contribution in [0.25, 0.3) is 33.0 Å². The average Bonchev–Trinajstić information content (AvgIpc) is 3.66. The summed E-state index contributed by atoms with van der Waals surface area (Å²) in [7, 11) is 0. The Bertz CT molecular complexity index is 2220. The lowest BCUT2D eigenvalue weighted by molar-refractivity contribution is 0.298. The molecule has 264 valence electrons. The third kappa shape index (κ3) is 4.57. The molecule has 0 heterocycles. The van der Waals surface area contributed by atoms with Crippen LogP contribution in [-0.2, 0) is 17.3 Å². The molecular formula is C51H60. The molecule has 1 spiro atoms. The lowest BCUT2D eigenvalue weighted by Gasteiger charge is -2.47. The predicted octanol–water partition coefficient (Wildman–Crippen LogP) is 14.1. The van der Waals surface area contributed by atoms with Crippen molar-refractivity contribution in [2.75, 3.05) is 0 Å². The summed E-state index contributed by atoms with van der Waals surface area (Å²) in [6.45, 7) is 29.1. The van der Waals surface area contributed by atoms with Gasteiger partial charge in [0, 0.05) is 16.7 Å². The maximum atomic E-state index is 2.85. The second kappa shape index (κ2) is 11.9. The molecule has 0 saturated heterocycles. The van der Waals surface area contributed by atoms with Crippen LogP contribution in [0.5, 0.6) is 0 Å². The Morgan fingerprint density at radius 1 is 0.706 bits per heavy atom. The highest BCUT2D eigenvalue weighted by atomic mass is 14.6. The van der Waals surface area contributed by atoms with Gasteiger partial charge in [-0.2, -0.15) is 0 Å². The summed E-state index contributed by atoms with van der Waals surface area (Å²) in [6, 6.07) is 20.0. The van der Waals surface area contributed by atoms with Crippen LogP contribution < -0.4 is 0 Å². The SMILES string of the molecule is CCC(CC)C1=CC2(c3ccc4c(c3-c3cc(C)c5c(C)cc(C)cc5c32)C(C)(C)C2=C4Cc3ccc(C)cc32)C(C(C)C)C(C(CC)CC)=C1. The highest BCUT2D eigenvalue weighted by Crippen LogP contribution is 2.67. The van der Waals surface area contributed by atoms with E-state index in [1.54, 1.807) is 44.5 Å². The normalized spacial score (nSPS) is 21.1. The molecule has 0 fully saturated rings. The number of hydrogen-bond donors (Lipinski definition) is 0. The molecule has 4 aliphatic carbocycles. The lowest BCUT2D eigenvalue weighted by Crippen LogP contribution is -2.42. The van der Waals surface area contributed by atoms with Crippen LogP contribution >= 0.6 is 0 Å². The fraction of sp³-hybridized carbons (Fsp3) is 0.451. The van der Waals surface area contributed by atoms with E-state index in [1.165, 1.54) is 81.0 Å². The summed E-state index contributed by atoms with van der Waals surface area (Å²) in [5, 5.41) is 2.95. The van der Waals surface area contributed by atoms with Gasteiger partial charge in [-0.1, -0.05) is 133 Å². The van der Waals surface area contributed by atoms with Gasteiger partial charge in [-0.3, -0.25) is 0 Å². The van der Waals surface area contributed by atoms with E-state index in [0.717, 1.165) is 6.42 Å². The Labute approximate surface area is 309 Å². The molecule has 2 atom stereocenters. The molecule has 4 aromatic rings. The smallest absolute Gasteiger partial charge is 0.0474 e. The molecule has 0 aliphatic heterocycles. The van der Waals surface area contributed by atoms with Crippen LogP contribution in [0, 0.1) is 51.4 Å². The van der Waals surface area contributed by atoms with Gasteiger partial charge in [0.05, 0.1) is 0 Å². The number of aryl methyl sites for hydroxylation is 4. The first-order valence-corrected chi connectivity index (χ1v) is 20.3. The van der Waals surface area contributed by atoms with E-state index < -0.39 is 0 Å². The van der Waals surface area contributed by atoms with Crippen LogP contribution in [0.3, 0.4) is 0 Å². The molecule has 0 heteroatoms. The van der Waals surface area contributed by atoms with Crippen LogP contribution in [0.15, 0.2) is 71.8 Å². The van der Waals surface area contributed by atoms with Gasteiger partial charge in [0.2, 0.25) is 0 Å². The molecule has 0 nitrogen and oxygen atoms in total. The maximum absolute atomic E-state index is 2.85. The zero-order valence-corrected chi connectivity index (χ0v) is 33.6. The third-order valence-corrected chi connectivity index (χ3v) is 14.0. The predicted molar refractivity (Wildman–Crippen MR) is 222 cm³/mol. The fourth-order valence-corrected chi connectivity index (χ4v) is 12.1. The summed E-state index contributed by atoms with van der Waals surface area (Å²) >= 11 is 0. The molecule has 0 radical (unpaired) electrons. The van der Waals surface area contributed by atoms with Gasteiger partial charge in [-0.15, -0.1) is 0 Å². The minimum absolute atomic E-state index is 0.0960. The molecule has 0 amide bonds. The molecule has 4 aromatic carbocycles. The first-order chi connectivity index (χ1) is 24.3. The number of allylic oxidation sites excluding steroid dienone is 6. The van der Waals surface area contributed by atoms with Gasteiger partial charge in [-0.25, -0.2) is 0 Å². The quantitative estimate of drug-likeness (QED) is 0.183. The molecular weight excluding hydrogens is 613 g/mol. The van der Waals surface area contributed by atoms with Crippen molar-refractivity contribution >= 4 is 21.9 Å². The van der Waals surface area contributed by atoms with E-state index >= 15 is 0 Å². The maximum Gasteiger partial charge on any atom is 0.0474 e. The molecule has 2 unspecified atom stereocenters. The second-order valence-corrected chi connectivity index (χ2v) is 17.8. The second-order valence-electron chi connectivity index (χ2n) is 17.8. The summed E-state index contributed by atoms with van der Waals surface area (Å²) in [5.74, 6) is 2.01. The summed E-state index contributed by atoms with van der Waals surface area (Å²) in [4.78, 5) is 0.